The Labute approximate surface area is 136 Å². The van der Waals surface area contributed by atoms with Gasteiger partial charge in [0.25, 0.3) is 0 Å². The summed E-state index contributed by atoms with van der Waals surface area (Å²) in [6.45, 7) is 0.166. The topological polar surface area (TPSA) is 72.5 Å². The van der Waals surface area contributed by atoms with Crippen molar-refractivity contribution in [3.05, 3.63) is 54.5 Å². The van der Waals surface area contributed by atoms with Gasteiger partial charge in [-0.15, -0.1) is 0 Å². The molecule has 0 bridgehead atoms. The van der Waals surface area contributed by atoms with E-state index < -0.39 is 11.8 Å². The number of hydrogen-bond acceptors (Lipinski definition) is 4. The standard InChI is InChI=1S/C17H12FN3O3/c18-12-3-1-2-11-13(6-7-19-16(11)12)21-17(22)20-10-4-5-14-15(8-10)24-9-23-14/h1-8H,9H2,(H2,19,20,21,22). The zero-order chi connectivity index (χ0) is 16.5. The summed E-state index contributed by atoms with van der Waals surface area (Å²) in [5.41, 5.74) is 1.23. The number of hydrogen-bond donors (Lipinski definition) is 2. The molecule has 2 N–H and O–H groups in total. The highest BCUT2D eigenvalue weighted by Gasteiger charge is 2.14. The Morgan fingerprint density at radius 1 is 1.08 bits per heavy atom. The number of benzene rings is 2. The molecule has 24 heavy (non-hydrogen) atoms. The highest BCUT2D eigenvalue weighted by Crippen LogP contribution is 2.34. The Morgan fingerprint density at radius 3 is 2.88 bits per heavy atom. The van der Waals surface area contributed by atoms with Gasteiger partial charge in [0, 0.05) is 23.3 Å². The molecule has 2 heterocycles. The number of nitrogens with zero attached hydrogens (tertiary/aromatic N) is 1. The molecule has 120 valence electrons. The number of rotatable bonds is 2. The van der Waals surface area contributed by atoms with E-state index in [9.17, 15) is 9.18 Å². The summed E-state index contributed by atoms with van der Waals surface area (Å²) in [6, 6.07) is 10.8. The molecule has 1 aliphatic heterocycles. The highest BCUT2D eigenvalue weighted by molar-refractivity contribution is 6.05. The smallest absolute Gasteiger partial charge is 0.323 e. The summed E-state index contributed by atoms with van der Waals surface area (Å²) in [5, 5.41) is 5.93. The second-order valence-electron chi connectivity index (χ2n) is 5.14. The van der Waals surface area contributed by atoms with Crippen molar-refractivity contribution in [2.24, 2.45) is 0 Å². The molecular formula is C17H12FN3O3. The van der Waals surface area contributed by atoms with Gasteiger partial charge in [0.15, 0.2) is 11.5 Å². The molecule has 0 saturated heterocycles. The summed E-state index contributed by atoms with van der Waals surface area (Å²) >= 11 is 0. The zero-order valence-corrected chi connectivity index (χ0v) is 12.4. The van der Waals surface area contributed by atoms with Gasteiger partial charge in [0.2, 0.25) is 6.79 Å². The van der Waals surface area contributed by atoms with Crippen LogP contribution in [0.4, 0.5) is 20.6 Å². The maximum absolute atomic E-state index is 13.8. The van der Waals surface area contributed by atoms with Crippen LogP contribution in [0.1, 0.15) is 0 Å². The number of fused-ring (bicyclic) bond motifs is 2. The van der Waals surface area contributed by atoms with E-state index in [1.807, 2.05) is 0 Å². The van der Waals surface area contributed by atoms with Crippen LogP contribution in [0.25, 0.3) is 10.9 Å². The summed E-state index contributed by atoms with van der Waals surface area (Å²) in [6.07, 6.45) is 1.45. The number of carbonyl (C=O) groups is 1. The van der Waals surface area contributed by atoms with Gasteiger partial charge < -0.3 is 20.1 Å². The van der Waals surface area contributed by atoms with Crippen LogP contribution in [0.5, 0.6) is 11.5 Å². The van der Waals surface area contributed by atoms with E-state index in [2.05, 4.69) is 15.6 Å². The van der Waals surface area contributed by atoms with Crippen LogP contribution in [0, 0.1) is 5.82 Å². The number of anilines is 2. The second-order valence-corrected chi connectivity index (χ2v) is 5.14. The van der Waals surface area contributed by atoms with E-state index >= 15 is 0 Å². The van der Waals surface area contributed by atoms with Gasteiger partial charge in [-0.2, -0.15) is 0 Å². The molecule has 0 radical (unpaired) electrons. The molecule has 2 amide bonds. The molecule has 0 fully saturated rings. The van der Waals surface area contributed by atoms with Gasteiger partial charge in [0.1, 0.15) is 11.3 Å². The highest BCUT2D eigenvalue weighted by atomic mass is 19.1. The van der Waals surface area contributed by atoms with Crippen molar-refractivity contribution < 1.29 is 18.7 Å². The maximum Gasteiger partial charge on any atom is 0.323 e. The Morgan fingerprint density at radius 2 is 1.96 bits per heavy atom. The van der Waals surface area contributed by atoms with E-state index in [0.717, 1.165) is 0 Å². The molecule has 0 aliphatic carbocycles. The molecule has 1 aliphatic rings. The minimum atomic E-state index is -0.453. The van der Waals surface area contributed by atoms with Crippen LogP contribution in [-0.2, 0) is 0 Å². The van der Waals surface area contributed by atoms with Crippen LogP contribution in [0.15, 0.2) is 48.7 Å². The van der Waals surface area contributed by atoms with Gasteiger partial charge in [-0.1, -0.05) is 12.1 Å². The number of amides is 2. The molecule has 6 nitrogen and oxygen atoms in total. The van der Waals surface area contributed by atoms with Crippen molar-refractivity contribution in [2.45, 2.75) is 0 Å². The van der Waals surface area contributed by atoms with Crippen LogP contribution in [0.2, 0.25) is 0 Å². The number of nitrogens with one attached hydrogen (secondary N) is 2. The first-order valence-corrected chi connectivity index (χ1v) is 7.21. The summed E-state index contributed by atoms with van der Waals surface area (Å²) < 4.78 is 24.2. The third-order valence-corrected chi connectivity index (χ3v) is 3.60. The number of pyridine rings is 1. The van der Waals surface area contributed by atoms with Crippen LogP contribution in [0.3, 0.4) is 0 Å². The van der Waals surface area contributed by atoms with Crippen molar-refractivity contribution in [3.63, 3.8) is 0 Å². The lowest BCUT2D eigenvalue weighted by atomic mass is 10.2. The lowest BCUT2D eigenvalue weighted by Crippen LogP contribution is -2.19. The van der Waals surface area contributed by atoms with Crippen LogP contribution < -0.4 is 20.1 Å². The quantitative estimate of drug-likeness (QED) is 0.753. The Balaban J connectivity index is 1.55. The normalized spacial score (nSPS) is 12.2. The average molecular weight is 325 g/mol. The van der Waals surface area contributed by atoms with Gasteiger partial charge >= 0.3 is 6.03 Å². The Hall–Kier alpha value is -3.35. The first kappa shape index (κ1) is 14.3. The molecule has 0 spiro atoms. The second kappa shape index (κ2) is 5.69. The van der Waals surface area contributed by atoms with E-state index in [1.54, 1.807) is 36.4 Å². The average Bonchev–Trinajstić information content (AvgIpc) is 3.03. The molecule has 1 aromatic heterocycles. The monoisotopic (exact) mass is 325 g/mol. The number of aromatic nitrogens is 1. The van der Waals surface area contributed by atoms with E-state index in [-0.39, 0.29) is 12.3 Å². The SMILES string of the molecule is O=C(Nc1ccc2c(c1)OCO2)Nc1ccnc2c(F)cccc12. The zero-order valence-electron chi connectivity index (χ0n) is 12.4. The fourth-order valence-corrected chi connectivity index (χ4v) is 2.51. The molecule has 0 unspecified atom stereocenters. The van der Waals surface area contributed by atoms with Crippen molar-refractivity contribution in [2.75, 3.05) is 17.4 Å². The Kier molecular flexibility index (Phi) is 3.38. The number of urea groups is 1. The third-order valence-electron chi connectivity index (χ3n) is 3.60. The summed E-state index contributed by atoms with van der Waals surface area (Å²) in [7, 11) is 0. The summed E-state index contributed by atoms with van der Waals surface area (Å²) in [4.78, 5) is 16.2. The van der Waals surface area contributed by atoms with Crippen LogP contribution in [-0.4, -0.2) is 17.8 Å². The van der Waals surface area contributed by atoms with Gasteiger partial charge in [-0.3, -0.25) is 4.98 Å². The number of halogens is 1. The van der Waals surface area contributed by atoms with Crippen molar-refractivity contribution >= 4 is 28.3 Å². The fourth-order valence-electron chi connectivity index (χ4n) is 2.51. The van der Waals surface area contributed by atoms with E-state index in [4.69, 9.17) is 9.47 Å². The van der Waals surface area contributed by atoms with Gasteiger partial charge in [0.05, 0.1) is 5.69 Å². The lowest BCUT2D eigenvalue weighted by molar-refractivity contribution is 0.174. The summed E-state index contributed by atoms with van der Waals surface area (Å²) in [5.74, 6) is 0.771. The lowest BCUT2D eigenvalue weighted by Gasteiger charge is -2.10. The van der Waals surface area contributed by atoms with Crippen molar-refractivity contribution in [3.8, 4) is 11.5 Å². The van der Waals surface area contributed by atoms with Gasteiger partial charge in [-0.25, -0.2) is 9.18 Å². The van der Waals surface area contributed by atoms with E-state index in [0.29, 0.717) is 28.3 Å². The largest absolute Gasteiger partial charge is 0.454 e. The molecule has 7 heteroatoms. The fraction of sp³-hybridized carbons (Fsp3) is 0.0588. The van der Waals surface area contributed by atoms with Crippen molar-refractivity contribution in [1.29, 1.82) is 0 Å². The first-order valence-electron chi connectivity index (χ1n) is 7.21. The predicted octanol–water partition coefficient (Wildman–Crippen LogP) is 3.75. The van der Waals surface area contributed by atoms with Crippen molar-refractivity contribution in [1.82, 2.24) is 4.98 Å². The van der Waals surface area contributed by atoms with Gasteiger partial charge in [-0.05, 0) is 24.3 Å². The minimum absolute atomic E-state index is 0.166. The number of ether oxygens (including phenoxy) is 2. The predicted molar refractivity (Wildman–Crippen MR) is 86.9 cm³/mol. The third kappa shape index (κ3) is 2.56. The number of para-hydroxylation sites is 1. The first-order chi connectivity index (χ1) is 11.7. The molecule has 0 saturated carbocycles. The van der Waals surface area contributed by atoms with E-state index in [1.165, 1.54) is 12.3 Å². The minimum Gasteiger partial charge on any atom is -0.454 e. The molecule has 3 aromatic rings. The number of carbonyl (C=O) groups excluding carboxylic acids is 1. The molecule has 4 rings (SSSR count). The van der Waals surface area contributed by atoms with Crippen LogP contribution >= 0.6 is 0 Å². The molecule has 2 aromatic carbocycles. The molecule has 0 atom stereocenters. The Bertz CT molecular complexity index is 946. The molecular weight excluding hydrogens is 313 g/mol. The maximum atomic E-state index is 13.8.